The van der Waals surface area contributed by atoms with Crippen LogP contribution in [0.2, 0.25) is 5.02 Å². The monoisotopic (exact) mass is 415 g/mol. The molecule has 0 saturated carbocycles. The van der Waals surface area contributed by atoms with Crippen LogP contribution in [0.4, 0.5) is 5.13 Å². The number of amides is 1. The summed E-state index contributed by atoms with van der Waals surface area (Å²) >= 11 is 12.7. The molecule has 26 heavy (non-hydrogen) atoms. The summed E-state index contributed by atoms with van der Waals surface area (Å²) in [4.78, 5) is 27.8. The number of hydrogen-bond acceptors (Lipinski definition) is 5. The maximum absolute atomic E-state index is 11.6. The largest absolute Gasteiger partial charge is 0.301 e. The average Bonchev–Trinajstić information content (AvgIpc) is 2.97. The Morgan fingerprint density at radius 3 is 2.46 bits per heavy atom. The first-order valence-electron chi connectivity index (χ1n) is 7.86. The van der Waals surface area contributed by atoms with E-state index in [0.717, 1.165) is 10.4 Å². The number of carbonyl (C=O) groups is 1. The molecule has 9 heteroatoms. The number of aromatic nitrogens is 1. The number of nitrogens with one attached hydrogen (secondary N) is 1. The van der Waals surface area contributed by atoms with Crippen LogP contribution in [0.25, 0.3) is 0 Å². The van der Waals surface area contributed by atoms with E-state index in [1.54, 1.807) is 24.3 Å². The molecular formula is C17H19Cl2N3O3S. The minimum Gasteiger partial charge on any atom is -0.301 e. The lowest BCUT2D eigenvalue weighted by atomic mass is 9.86. The van der Waals surface area contributed by atoms with Crippen molar-refractivity contribution in [2.45, 2.75) is 32.1 Å². The Labute approximate surface area is 165 Å². The number of benzene rings is 1. The van der Waals surface area contributed by atoms with Crippen LogP contribution in [-0.4, -0.2) is 28.2 Å². The highest BCUT2D eigenvalue weighted by Crippen LogP contribution is 2.40. The Balaban J connectivity index is 2.56. The van der Waals surface area contributed by atoms with Crippen LogP contribution < -0.4 is 5.32 Å². The second-order valence-corrected chi connectivity index (χ2v) is 8.52. The van der Waals surface area contributed by atoms with Crippen LogP contribution >= 0.6 is 34.5 Å². The minimum absolute atomic E-state index is 0.185. The van der Waals surface area contributed by atoms with Gasteiger partial charge in [0.05, 0.1) is 11.6 Å². The number of alkyl halides is 1. The first-order valence-corrected chi connectivity index (χ1v) is 9.59. The van der Waals surface area contributed by atoms with E-state index in [-0.39, 0.29) is 28.7 Å². The molecule has 0 bridgehead atoms. The molecule has 0 aliphatic carbocycles. The van der Waals surface area contributed by atoms with Gasteiger partial charge in [-0.15, -0.1) is 22.9 Å². The molecule has 6 nitrogen and oxygen atoms in total. The normalized spacial score (nSPS) is 12.7. The van der Waals surface area contributed by atoms with E-state index >= 15 is 0 Å². The van der Waals surface area contributed by atoms with E-state index in [0.29, 0.717) is 15.8 Å². The van der Waals surface area contributed by atoms with Crippen LogP contribution in [-0.2, 0) is 10.2 Å². The van der Waals surface area contributed by atoms with E-state index < -0.39 is 5.92 Å². The highest BCUT2D eigenvalue weighted by atomic mass is 35.5. The van der Waals surface area contributed by atoms with Crippen LogP contribution in [0, 0.1) is 10.1 Å². The van der Waals surface area contributed by atoms with Gasteiger partial charge < -0.3 is 5.32 Å². The molecule has 0 saturated heterocycles. The van der Waals surface area contributed by atoms with Gasteiger partial charge in [0.15, 0.2) is 5.13 Å². The first kappa shape index (κ1) is 20.6. The van der Waals surface area contributed by atoms with E-state index in [4.69, 9.17) is 23.2 Å². The van der Waals surface area contributed by atoms with Crippen molar-refractivity contribution in [1.29, 1.82) is 0 Å². The molecule has 1 unspecified atom stereocenters. The van der Waals surface area contributed by atoms with Crippen molar-refractivity contribution < 1.29 is 9.72 Å². The number of hydrogen-bond donors (Lipinski definition) is 1. The Morgan fingerprint density at radius 1 is 1.35 bits per heavy atom. The third-order valence-electron chi connectivity index (χ3n) is 3.65. The summed E-state index contributed by atoms with van der Waals surface area (Å²) in [7, 11) is 0. The van der Waals surface area contributed by atoms with Crippen molar-refractivity contribution in [2.24, 2.45) is 0 Å². The van der Waals surface area contributed by atoms with E-state index in [9.17, 15) is 14.9 Å². The summed E-state index contributed by atoms with van der Waals surface area (Å²) < 4.78 is 0. The molecule has 0 aliphatic rings. The van der Waals surface area contributed by atoms with Crippen LogP contribution in [0.1, 0.15) is 42.8 Å². The Bertz CT molecular complexity index is 801. The maximum Gasteiger partial charge on any atom is 0.241 e. The predicted molar refractivity (Wildman–Crippen MR) is 105 cm³/mol. The fourth-order valence-electron chi connectivity index (χ4n) is 2.50. The molecule has 1 heterocycles. The van der Waals surface area contributed by atoms with Crippen molar-refractivity contribution in [3.05, 3.63) is 55.5 Å². The molecule has 2 rings (SSSR count). The van der Waals surface area contributed by atoms with Crippen molar-refractivity contribution in [1.82, 2.24) is 4.98 Å². The summed E-state index contributed by atoms with van der Waals surface area (Å²) in [6, 6.07) is 6.97. The Hall–Kier alpha value is -1.70. The SMILES string of the molecule is CC(C)(C)c1nc(NC(=O)CCl)sc1C(C[N+](=O)[O-])c1ccc(Cl)cc1. The van der Waals surface area contributed by atoms with E-state index in [1.165, 1.54) is 11.3 Å². The molecule has 2 aromatic rings. The second-order valence-electron chi connectivity index (χ2n) is 6.78. The Kier molecular flexibility index (Phi) is 6.60. The van der Waals surface area contributed by atoms with E-state index in [1.807, 2.05) is 20.8 Å². The Morgan fingerprint density at radius 2 is 1.96 bits per heavy atom. The molecule has 0 radical (unpaired) electrons. The molecule has 1 amide bonds. The van der Waals surface area contributed by atoms with Gasteiger partial charge in [-0.3, -0.25) is 14.9 Å². The summed E-state index contributed by atoms with van der Waals surface area (Å²) in [5.74, 6) is -1.05. The third-order valence-corrected chi connectivity index (χ3v) is 5.23. The van der Waals surface area contributed by atoms with Gasteiger partial charge in [-0.05, 0) is 17.7 Å². The topological polar surface area (TPSA) is 85.1 Å². The lowest BCUT2D eigenvalue weighted by Crippen LogP contribution is -2.20. The fraction of sp³-hybridized carbons (Fsp3) is 0.412. The number of nitro groups is 1. The molecule has 0 aliphatic heterocycles. The number of thiazole rings is 1. The van der Waals surface area contributed by atoms with Gasteiger partial charge in [-0.1, -0.05) is 44.5 Å². The summed E-state index contributed by atoms with van der Waals surface area (Å²) in [5, 5.41) is 14.9. The van der Waals surface area contributed by atoms with Crippen LogP contribution in [0.5, 0.6) is 0 Å². The minimum atomic E-state index is -0.490. The number of rotatable bonds is 6. The zero-order chi connectivity index (χ0) is 19.5. The van der Waals surface area contributed by atoms with Gasteiger partial charge in [0.25, 0.3) is 0 Å². The highest BCUT2D eigenvalue weighted by molar-refractivity contribution is 7.16. The number of halogens is 2. The summed E-state index contributed by atoms with van der Waals surface area (Å²) in [6.07, 6.45) is 0. The molecule has 140 valence electrons. The predicted octanol–water partition coefficient (Wildman–Crippen LogP) is 4.68. The van der Waals surface area contributed by atoms with Gasteiger partial charge in [0.1, 0.15) is 5.88 Å². The van der Waals surface area contributed by atoms with Gasteiger partial charge >= 0.3 is 0 Å². The smallest absolute Gasteiger partial charge is 0.241 e. The van der Waals surface area contributed by atoms with Gasteiger partial charge in [-0.2, -0.15) is 0 Å². The average molecular weight is 416 g/mol. The quantitative estimate of drug-likeness (QED) is 0.421. The molecule has 0 fully saturated rings. The van der Waals surface area contributed by atoms with E-state index in [2.05, 4.69) is 10.3 Å². The lowest BCUT2D eigenvalue weighted by Gasteiger charge is -2.21. The fourth-order valence-corrected chi connectivity index (χ4v) is 4.00. The van der Waals surface area contributed by atoms with Crippen LogP contribution in [0.15, 0.2) is 24.3 Å². The molecule has 0 spiro atoms. The van der Waals surface area contributed by atoms with Crippen molar-refractivity contribution in [2.75, 3.05) is 17.7 Å². The summed E-state index contributed by atoms with van der Waals surface area (Å²) in [6.45, 7) is 5.65. The third kappa shape index (κ3) is 5.16. The van der Waals surface area contributed by atoms with Gasteiger partial charge in [0.2, 0.25) is 12.5 Å². The number of nitrogens with zero attached hydrogens (tertiary/aromatic N) is 2. The van der Waals surface area contributed by atoms with Crippen molar-refractivity contribution >= 4 is 45.6 Å². The van der Waals surface area contributed by atoms with Gasteiger partial charge in [-0.25, -0.2) is 4.98 Å². The number of anilines is 1. The zero-order valence-corrected chi connectivity index (χ0v) is 16.9. The molecule has 1 aromatic carbocycles. The second kappa shape index (κ2) is 8.33. The summed E-state index contributed by atoms with van der Waals surface area (Å²) in [5.41, 5.74) is 1.14. The van der Waals surface area contributed by atoms with Crippen molar-refractivity contribution in [3.8, 4) is 0 Å². The zero-order valence-electron chi connectivity index (χ0n) is 14.6. The highest BCUT2D eigenvalue weighted by Gasteiger charge is 2.32. The molecule has 1 atom stereocenters. The lowest BCUT2D eigenvalue weighted by molar-refractivity contribution is -0.481. The molecule has 1 N–H and O–H groups in total. The molecule has 1 aromatic heterocycles. The van der Waals surface area contributed by atoms with Crippen LogP contribution in [0.3, 0.4) is 0 Å². The first-order chi connectivity index (χ1) is 12.1. The van der Waals surface area contributed by atoms with Crippen molar-refractivity contribution in [3.63, 3.8) is 0 Å². The standard InChI is InChI=1S/C17H19Cl2N3O3S/c1-17(2,3)15-14(26-16(21-15)20-13(23)8-18)12(9-22(24)25)10-4-6-11(19)7-5-10/h4-7,12H,8-9H2,1-3H3,(H,20,21,23). The molecular weight excluding hydrogens is 397 g/mol. The number of carbonyl (C=O) groups excluding carboxylic acids is 1. The van der Waals surface area contributed by atoms with Gasteiger partial charge in [0, 0.05) is 20.2 Å². The maximum atomic E-state index is 11.6.